The first-order chi connectivity index (χ1) is 10.7. The molecule has 126 valence electrons. The van der Waals surface area contributed by atoms with E-state index in [1.807, 2.05) is 17.5 Å². The molecule has 0 fully saturated rings. The van der Waals surface area contributed by atoms with Crippen LogP contribution >= 0.6 is 11.3 Å². The highest BCUT2D eigenvalue weighted by Crippen LogP contribution is 2.35. The summed E-state index contributed by atoms with van der Waals surface area (Å²) in [4.78, 5) is 13.4. The molecule has 2 rings (SSSR count). The standard InChI is InChI=1S/C17H24N2O3S/c1-16(2,3)14(12-7-6-10-23-12)19-15(20)18-11-17(4,21)13-8-5-9-22-13/h5-10,14,21H,11H2,1-4H3,(H2,18,19,20). The van der Waals surface area contributed by atoms with Crippen molar-refractivity contribution < 1.29 is 14.3 Å². The molecule has 0 aromatic carbocycles. The van der Waals surface area contributed by atoms with Gasteiger partial charge in [-0.15, -0.1) is 11.3 Å². The number of hydrogen-bond acceptors (Lipinski definition) is 4. The van der Waals surface area contributed by atoms with Crippen LogP contribution in [0.25, 0.3) is 0 Å². The van der Waals surface area contributed by atoms with Gasteiger partial charge in [-0.2, -0.15) is 0 Å². The maximum atomic E-state index is 12.3. The first-order valence-corrected chi connectivity index (χ1v) is 8.42. The van der Waals surface area contributed by atoms with E-state index in [2.05, 4.69) is 31.4 Å². The van der Waals surface area contributed by atoms with Crippen molar-refractivity contribution in [1.29, 1.82) is 0 Å². The van der Waals surface area contributed by atoms with E-state index in [4.69, 9.17) is 4.42 Å². The number of carbonyl (C=O) groups excluding carboxylic acids is 1. The Morgan fingerprint density at radius 3 is 2.57 bits per heavy atom. The fourth-order valence-electron chi connectivity index (χ4n) is 2.28. The van der Waals surface area contributed by atoms with Crippen LogP contribution in [-0.4, -0.2) is 17.7 Å². The summed E-state index contributed by atoms with van der Waals surface area (Å²) < 4.78 is 5.20. The zero-order valence-corrected chi connectivity index (χ0v) is 14.7. The maximum Gasteiger partial charge on any atom is 0.315 e. The number of hydrogen-bond donors (Lipinski definition) is 3. The normalized spacial score (nSPS) is 15.7. The summed E-state index contributed by atoms with van der Waals surface area (Å²) in [5.41, 5.74) is -1.37. The lowest BCUT2D eigenvalue weighted by Gasteiger charge is -2.31. The molecule has 2 amide bonds. The minimum Gasteiger partial charge on any atom is -0.466 e. The van der Waals surface area contributed by atoms with Gasteiger partial charge in [-0.3, -0.25) is 0 Å². The van der Waals surface area contributed by atoms with Gasteiger partial charge in [-0.25, -0.2) is 4.79 Å². The molecule has 2 aromatic rings. The lowest BCUT2D eigenvalue weighted by atomic mass is 9.86. The molecule has 5 nitrogen and oxygen atoms in total. The summed E-state index contributed by atoms with van der Waals surface area (Å²) in [5, 5.41) is 18.1. The quantitative estimate of drug-likeness (QED) is 0.780. The van der Waals surface area contributed by atoms with E-state index in [1.165, 1.54) is 6.26 Å². The molecule has 0 aliphatic carbocycles. The van der Waals surface area contributed by atoms with E-state index < -0.39 is 5.60 Å². The highest BCUT2D eigenvalue weighted by Gasteiger charge is 2.30. The Morgan fingerprint density at radius 2 is 2.04 bits per heavy atom. The molecule has 2 aromatic heterocycles. The topological polar surface area (TPSA) is 74.5 Å². The van der Waals surface area contributed by atoms with Crippen molar-refractivity contribution in [2.24, 2.45) is 5.41 Å². The Kier molecular flexibility index (Phi) is 5.16. The zero-order valence-electron chi connectivity index (χ0n) is 13.9. The van der Waals surface area contributed by atoms with E-state index in [1.54, 1.807) is 30.4 Å². The highest BCUT2D eigenvalue weighted by atomic mass is 32.1. The zero-order chi connectivity index (χ0) is 17.1. The minimum absolute atomic E-state index is 0.0631. The molecular formula is C17H24N2O3S. The van der Waals surface area contributed by atoms with E-state index in [9.17, 15) is 9.90 Å². The van der Waals surface area contributed by atoms with Crippen LogP contribution in [0, 0.1) is 5.41 Å². The number of thiophene rings is 1. The molecule has 0 saturated heterocycles. The molecule has 3 N–H and O–H groups in total. The van der Waals surface area contributed by atoms with Crippen molar-refractivity contribution in [3.63, 3.8) is 0 Å². The molecule has 0 bridgehead atoms. The Bertz CT molecular complexity index is 613. The molecule has 0 spiro atoms. The molecular weight excluding hydrogens is 312 g/mol. The third-order valence-corrected chi connectivity index (χ3v) is 4.55. The third kappa shape index (κ3) is 4.59. The van der Waals surface area contributed by atoms with Gasteiger partial charge in [0.15, 0.2) is 0 Å². The molecule has 23 heavy (non-hydrogen) atoms. The molecule has 0 aliphatic rings. The van der Waals surface area contributed by atoms with Gasteiger partial charge in [0.2, 0.25) is 0 Å². The van der Waals surface area contributed by atoms with Crippen molar-refractivity contribution in [3.8, 4) is 0 Å². The van der Waals surface area contributed by atoms with Crippen LogP contribution in [0.2, 0.25) is 0 Å². The molecule has 6 heteroatoms. The smallest absolute Gasteiger partial charge is 0.315 e. The second-order valence-corrected chi connectivity index (χ2v) is 7.87. The van der Waals surface area contributed by atoms with Gasteiger partial charge >= 0.3 is 6.03 Å². The maximum absolute atomic E-state index is 12.3. The van der Waals surface area contributed by atoms with Crippen LogP contribution in [0.5, 0.6) is 0 Å². The Balaban J connectivity index is 1.98. The Morgan fingerprint density at radius 1 is 1.30 bits per heavy atom. The van der Waals surface area contributed by atoms with Crippen molar-refractivity contribution in [2.45, 2.75) is 39.3 Å². The fourth-order valence-corrected chi connectivity index (χ4v) is 3.30. The summed E-state index contributed by atoms with van der Waals surface area (Å²) in [7, 11) is 0. The number of furan rings is 1. The number of amides is 2. The number of rotatable bonds is 5. The van der Waals surface area contributed by atoms with Crippen LogP contribution in [0.4, 0.5) is 4.79 Å². The van der Waals surface area contributed by atoms with Gasteiger partial charge in [-0.05, 0) is 35.9 Å². The average Bonchev–Trinajstić information content (AvgIpc) is 3.13. The van der Waals surface area contributed by atoms with Crippen LogP contribution in [0.15, 0.2) is 40.3 Å². The highest BCUT2D eigenvalue weighted by molar-refractivity contribution is 7.10. The number of urea groups is 1. The predicted octanol–water partition coefficient (Wildman–Crippen LogP) is 3.64. The van der Waals surface area contributed by atoms with Gasteiger partial charge in [0, 0.05) is 4.88 Å². The van der Waals surface area contributed by atoms with Crippen LogP contribution in [-0.2, 0) is 5.60 Å². The average molecular weight is 336 g/mol. The van der Waals surface area contributed by atoms with Crippen LogP contribution in [0.3, 0.4) is 0 Å². The van der Waals surface area contributed by atoms with Gasteiger partial charge in [0.05, 0.1) is 18.8 Å². The second kappa shape index (κ2) is 6.76. The summed E-state index contributed by atoms with van der Waals surface area (Å²) in [6.07, 6.45) is 1.50. The van der Waals surface area contributed by atoms with E-state index >= 15 is 0 Å². The van der Waals surface area contributed by atoms with E-state index in [0.29, 0.717) is 5.76 Å². The van der Waals surface area contributed by atoms with E-state index in [-0.39, 0.29) is 24.0 Å². The monoisotopic (exact) mass is 336 g/mol. The summed E-state index contributed by atoms with van der Waals surface area (Å²) in [6, 6.07) is 6.96. The van der Waals surface area contributed by atoms with Gasteiger partial charge < -0.3 is 20.2 Å². The lowest BCUT2D eigenvalue weighted by molar-refractivity contribution is 0.0365. The first-order valence-electron chi connectivity index (χ1n) is 7.54. The predicted molar refractivity (Wildman–Crippen MR) is 91.3 cm³/mol. The second-order valence-electron chi connectivity index (χ2n) is 6.89. The Labute approximate surface area is 140 Å². The van der Waals surface area contributed by atoms with Crippen molar-refractivity contribution >= 4 is 17.4 Å². The summed E-state index contributed by atoms with van der Waals surface area (Å²) >= 11 is 1.61. The van der Waals surface area contributed by atoms with Crippen LogP contribution in [0.1, 0.15) is 44.4 Å². The molecule has 2 atom stereocenters. The first kappa shape index (κ1) is 17.6. The molecule has 0 saturated carbocycles. The SMILES string of the molecule is CC(O)(CNC(=O)NC(c1cccs1)C(C)(C)C)c1ccco1. The molecule has 0 radical (unpaired) electrons. The molecule has 0 aliphatic heterocycles. The number of aliphatic hydroxyl groups is 1. The fraction of sp³-hybridized carbons (Fsp3) is 0.471. The van der Waals surface area contributed by atoms with Gasteiger partial charge in [0.1, 0.15) is 11.4 Å². The van der Waals surface area contributed by atoms with Gasteiger partial charge in [0.25, 0.3) is 0 Å². The summed E-state index contributed by atoms with van der Waals surface area (Å²) in [5.74, 6) is 0.420. The Hall–Kier alpha value is -1.79. The van der Waals surface area contributed by atoms with Crippen LogP contribution < -0.4 is 10.6 Å². The lowest BCUT2D eigenvalue weighted by Crippen LogP contribution is -2.46. The number of nitrogens with one attached hydrogen (secondary N) is 2. The van der Waals surface area contributed by atoms with Crippen molar-refractivity contribution in [1.82, 2.24) is 10.6 Å². The third-order valence-electron chi connectivity index (χ3n) is 3.61. The van der Waals surface area contributed by atoms with Crippen molar-refractivity contribution in [3.05, 3.63) is 46.5 Å². The minimum atomic E-state index is -1.25. The summed E-state index contributed by atoms with van der Waals surface area (Å²) in [6.45, 7) is 7.91. The van der Waals surface area contributed by atoms with E-state index in [0.717, 1.165) is 4.88 Å². The van der Waals surface area contributed by atoms with Crippen molar-refractivity contribution in [2.75, 3.05) is 6.54 Å². The largest absolute Gasteiger partial charge is 0.466 e. The molecule has 2 heterocycles. The number of carbonyl (C=O) groups is 1. The molecule has 2 unspecified atom stereocenters. The van der Waals surface area contributed by atoms with Gasteiger partial charge in [-0.1, -0.05) is 26.8 Å².